The number of halogens is 2. The van der Waals surface area contributed by atoms with Gasteiger partial charge in [0.1, 0.15) is 0 Å². The fourth-order valence-corrected chi connectivity index (χ4v) is 2.69. The quantitative estimate of drug-likeness (QED) is 0.803. The average molecular weight is 380 g/mol. The van der Waals surface area contributed by atoms with Crippen LogP contribution in [0.3, 0.4) is 0 Å². The minimum absolute atomic E-state index is 0.00329. The topological polar surface area (TPSA) is 40.5 Å². The van der Waals surface area contributed by atoms with E-state index in [0.717, 1.165) is 9.99 Å². The number of hydrogen-bond donors (Lipinski definition) is 1. The van der Waals surface area contributed by atoms with Crippen molar-refractivity contribution in [1.82, 2.24) is 4.90 Å². The Morgan fingerprint density at radius 3 is 2.89 bits per heavy atom. The molecule has 0 bridgehead atoms. The summed E-state index contributed by atoms with van der Waals surface area (Å²) in [5.41, 5.74) is 0.617. The predicted octanol–water partition coefficient (Wildman–Crippen LogP) is 2.79. The van der Waals surface area contributed by atoms with Crippen LogP contribution < -0.4 is 0 Å². The van der Waals surface area contributed by atoms with E-state index < -0.39 is 0 Å². The first kappa shape index (κ1) is 14.1. The molecule has 0 aromatic heterocycles. The number of likely N-dealkylation sites (tertiary alicyclic amines) is 1. The summed E-state index contributed by atoms with van der Waals surface area (Å²) in [7, 11) is 0. The van der Waals surface area contributed by atoms with Crippen LogP contribution in [0.5, 0.6) is 0 Å². The molecule has 1 saturated heterocycles. The summed E-state index contributed by atoms with van der Waals surface area (Å²) in [6, 6.07) is 5.35. The normalized spacial score (nSPS) is 21.1. The summed E-state index contributed by atoms with van der Waals surface area (Å²) in [5, 5.41) is 10.1. The van der Waals surface area contributed by atoms with E-state index in [2.05, 4.69) is 22.6 Å². The largest absolute Gasteiger partial charge is 0.393 e. The van der Waals surface area contributed by atoms with Crippen LogP contribution in [0.1, 0.15) is 23.7 Å². The van der Waals surface area contributed by atoms with Gasteiger partial charge in [0.05, 0.1) is 11.1 Å². The van der Waals surface area contributed by atoms with Gasteiger partial charge in [0.15, 0.2) is 0 Å². The number of carbonyl (C=O) groups excluding carboxylic acids is 1. The first-order valence-electron chi connectivity index (χ1n) is 5.91. The van der Waals surface area contributed by atoms with Gasteiger partial charge in [0.2, 0.25) is 0 Å². The number of aliphatic hydroxyl groups is 1. The zero-order valence-electron chi connectivity index (χ0n) is 10.1. The lowest BCUT2D eigenvalue weighted by molar-refractivity contribution is 0.0762. The summed E-state index contributed by atoms with van der Waals surface area (Å²) < 4.78 is 0.939. The van der Waals surface area contributed by atoms with Crippen molar-refractivity contribution in [3.63, 3.8) is 0 Å². The Balaban J connectivity index is 2.10. The molecule has 2 rings (SSSR count). The Morgan fingerprint density at radius 1 is 1.61 bits per heavy atom. The van der Waals surface area contributed by atoms with Crippen LogP contribution in [-0.2, 0) is 0 Å². The minimum Gasteiger partial charge on any atom is -0.393 e. The molecule has 98 valence electrons. The van der Waals surface area contributed by atoms with Gasteiger partial charge in [0, 0.05) is 28.1 Å². The lowest BCUT2D eigenvalue weighted by Gasteiger charge is -2.18. The first-order valence-corrected chi connectivity index (χ1v) is 7.37. The standard InChI is InChI=1S/C13H15ClINO2/c1-8(17)10-4-5-16(7-10)13(18)9-2-3-12(15)11(14)6-9/h2-3,6,8,10,17H,4-5,7H2,1H3. The van der Waals surface area contributed by atoms with Crippen LogP contribution in [0.4, 0.5) is 0 Å². The molecule has 1 aromatic carbocycles. The number of amides is 1. The maximum atomic E-state index is 12.3. The molecule has 1 aliphatic rings. The van der Waals surface area contributed by atoms with Crippen LogP contribution in [0.25, 0.3) is 0 Å². The van der Waals surface area contributed by atoms with E-state index >= 15 is 0 Å². The molecule has 0 spiro atoms. The molecular formula is C13H15ClINO2. The highest BCUT2D eigenvalue weighted by Gasteiger charge is 2.29. The SMILES string of the molecule is CC(O)C1CCN(C(=O)c2ccc(I)c(Cl)c2)C1. The number of aliphatic hydroxyl groups excluding tert-OH is 1. The highest BCUT2D eigenvalue weighted by atomic mass is 127. The summed E-state index contributed by atoms with van der Waals surface area (Å²) in [6.07, 6.45) is 0.504. The van der Waals surface area contributed by atoms with Crippen molar-refractivity contribution in [2.45, 2.75) is 19.4 Å². The molecule has 18 heavy (non-hydrogen) atoms. The summed E-state index contributed by atoms with van der Waals surface area (Å²) in [4.78, 5) is 14.0. The molecule has 1 heterocycles. The number of benzene rings is 1. The van der Waals surface area contributed by atoms with Crippen molar-refractivity contribution in [1.29, 1.82) is 0 Å². The van der Waals surface area contributed by atoms with E-state index in [9.17, 15) is 9.90 Å². The van der Waals surface area contributed by atoms with Crippen molar-refractivity contribution in [2.75, 3.05) is 13.1 Å². The Hall–Kier alpha value is -0.330. The third-order valence-electron chi connectivity index (χ3n) is 3.36. The van der Waals surface area contributed by atoms with E-state index in [1.165, 1.54) is 0 Å². The van der Waals surface area contributed by atoms with Gasteiger partial charge < -0.3 is 10.0 Å². The molecule has 0 aliphatic carbocycles. The lowest BCUT2D eigenvalue weighted by Crippen LogP contribution is -2.30. The Morgan fingerprint density at radius 2 is 2.33 bits per heavy atom. The monoisotopic (exact) mass is 379 g/mol. The molecule has 1 aliphatic heterocycles. The van der Waals surface area contributed by atoms with Gasteiger partial charge in [-0.1, -0.05) is 11.6 Å². The average Bonchev–Trinajstić information content (AvgIpc) is 2.81. The molecule has 0 saturated carbocycles. The number of hydrogen-bond acceptors (Lipinski definition) is 2. The van der Waals surface area contributed by atoms with Gasteiger partial charge in [-0.15, -0.1) is 0 Å². The number of rotatable bonds is 2. The van der Waals surface area contributed by atoms with Crippen molar-refractivity contribution in [3.05, 3.63) is 32.4 Å². The maximum absolute atomic E-state index is 12.3. The van der Waals surface area contributed by atoms with Gasteiger partial charge in [-0.25, -0.2) is 0 Å². The second-order valence-electron chi connectivity index (χ2n) is 4.67. The highest BCUT2D eigenvalue weighted by Crippen LogP contribution is 2.24. The smallest absolute Gasteiger partial charge is 0.253 e. The molecule has 2 unspecified atom stereocenters. The second-order valence-corrected chi connectivity index (χ2v) is 6.24. The van der Waals surface area contributed by atoms with Crippen molar-refractivity contribution >= 4 is 40.1 Å². The number of nitrogens with zero attached hydrogens (tertiary/aromatic N) is 1. The second kappa shape index (κ2) is 5.75. The molecule has 1 fully saturated rings. The Kier molecular flexibility index (Phi) is 4.50. The molecule has 0 radical (unpaired) electrons. The molecular weight excluding hydrogens is 365 g/mol. The van der Waals surface area contributed by atoms with Gasteiger partial charge in [0.25, 0.3) is 5.91 Å². The fraction of sp³-hybridized carbons (Fsp3) is 0.462. The van der Waals surface area contributed by atoms with E-state index in [1.807, 2.05) is 6.07 Å². The zero-order valence-corrected chi connectivity index (χ0v) is 13.0. The number of carbonyl (C=O) groups is 1. The van der Waals surface area contributed by atoms with Crippen LogP contribution in [-0.4, -0.2) is 35.1 Å². The van der Waals surface area contributed by atoms with Gasteiger partial charge in [-0.3, -0.25) is 4.79 Å². The first-order chi connectivity index (χ1) is 8.49. The van der Waals surface area contributed by atoms with E-state index in [0.29, 0.717) is 23.7 Å². The molecule has 1 amide bonds. The summed E-state index contributed by atoms with van der Waals surface area (Å²) >= 11 is 8.16. The van der Waals surface area contributed by atoms with E-state index in [1.54, 1.807) is 24.0 Å². The van der Waals surface area contributed by atoms with Crippen molar-refractivity contribution < 1.29 is 9.90 Å². The van der Waals surface area contributed by atoms with E-state index in [4.69, 9.17) is 11.6 Å². The molecule has 5 heteroatoms. The summed E-state index contributed by atoms with van der Waals surface area (Å²) in [5.74, 6) is 0.185. The molecule has 3 nitrogen and oxygen atoms in total. The Labute approximate surface area is 125 Å². The van der Waals surface area contributed by atoms with Crippen LogP contribution >= 0.6 is 34.2 Å². The predicted molar refractivity (Wildman–Crippen MR) is 79.9 cm³/mol. The third-order valence-corrected chi connectivity index (χ3v) is 4.93. The van der Waals surface area contributed by atoms with Gasteiger partial charge in [-0.05, 0) is 54.1 Å². The van der Waals surface area contributed by atoms with E-state index in [-0.39, 0.29) is 17.9 Å². The lowest BCUT2D eigenvalue weighted by atomic mass is 10.0. The van der Waals surface area contributed by atoms with Gasteiger partial charge >= 0.3 is 0 Å². The van der Waals surface area contributed by atoms with Crippen LogP contribution in [0.2, 0.25) is 5.02 Å². The zero-order chi connectivity index (χ0) is 13.3. The third kappa shape index (κ3) is 2.97. The Bertz CT molecular complexity index is 464. The summed E-state index contributed by atoms with van der Waals surface area (Å²) in [6.45, 7) is 3.11. The van der Waals surface area contributed by atoms with Crippen molar-refractivity contribution in [2.24, 2.45) is 5.92 Å². The van der Waals surface area contributed by atoms with Crippen molar-refractivity contribution in [3.8, 4) is 0 Å². The minimum atomic E-state index is -0.358. The van der Waals surface area contributed by atoms with Crippen LogP contribution in [0, 0.1) is 9.49 Å². The maximum Gasteiger partial charge on any atom is 0.253 e. The molecule has 1 aromatic rings. The van der Waals surface area contributed by atoms with Crippen LogP contribution in [0.15, 0.2) is 18.2 Å². The molecule has 2 atom stereocenters. The fourth-order valence-electron chi connectivity index (χ4n) is 2.18. The molecule has 1 N–H and O–H groups in total. The highest BCUT2D eigenvalue weighted by molar-refractivity contribution is 14.1. The van der Waals surface area contributed by atoms with Gasteiger partial charge in [-0.2, -0.15) is 0 Å².